The third-order valence-corrected chi connectivity index (χ3v) is 3.06. The number of amides is 1. The minimum absolute atomic E-state index is 0.0587. The van der Waals surface area contributed by atoms with E-state index in [1.54, 1.807) is 6.07 Å². The summed E-state index contributed by atoms with van der Waals surface area (Å²) in [6.07, 6.45) is 1.86. The highest BCUT2D eigenvalue weighted by atomic mass is 16.3. The summed E-state index contributed by atoms with van der Waals surface area (Å²) in [5.41, 5.74) is 1.94. The first-order chi connectivity index (χ1) is 8.16. The Hall–Kier alpha value is -1.55. The van der Waals surface area contributed by atoms with Crippen molar-refractivity contribution in [2.24, 2.45) is 0 Å². The number of benzene rings is 1. The Balaban J connectivity index is 1.97. The highest BCUT2D eigenvalue weighted by Crippen LogP contribution is 2.18. The summed E-state index contributed by atoms with van der Waals surface area (Å²) in [6, 6.07) is 5.35. The van der Waals surface area contributed by atoms with Gasteiger partial charge in [0.2, 0.25) is 5.91 Å². The largest absolute Gasteiger partial charge is 0.508 e. The van der Waals surface area contributed by atoms with Crippen molar-refractivity contribution in [3.8, 4) is 5.75 Å². The predicted molar refractivity (Wildman–Crippen MR) is 65.7 cm³/mol. The van der Waals surface area contributed by atoms with Crippen LogP contribution in [0.2, 0.25) is 0 Å². The topological polar surface area (TPSA) is 61.4 Å². The summed E-state index contributed by atoms with van der Waals surface area (Å²) in [6.45, 7) is 3.27. The quantitative estimate of drug-likeness (QED) is 0.733. The van der Waals surface area contributed by atoms with E-state index in [9.17, 15) is 9.90 Å². The first kappa shape index (κ1) is 11.9. The number of aromatic hydroxyl groups is 1. The molecule has 1 saturated heterocycles. The molecule has 0 aliphatic carbocycles. The first-order valence-electron chi connectivity index (χ1n) is 5.96. The van der Waals surface area contributed by atoms with Gasteiger partial charge in [-0.3, -0.25) is 4.79 Å². The average Bonchev–Trinajstić information content (AvgIpc) is 2.32. The van der Waals surface area contributed by atoms with Crippen molar-refractivity contribution in [2.45, 2.75) is 32.4 Å². The number of piperidine rings is 1. The highest BCUT2D eigenvalue weighted by Gasteiger charge is 2.21. The molecule has 17 heavy (non-hydrogen) atoms. The normalized spacial score (nSPS) is 20.1. The molecule has 0 bridgehead atoms. The van der Waals surface area contributed by atoms with Crippen LogP contribution in [0, 0.1) is 6.92 Å². The van der Waals surface area contributed by atoms with Gasteiger partial charge in [0.1, 0.15) is 5.75 Å². The zero-order valence-electron chi connectivity index (χ0n) is 9.99. The van der Waals surface area contributed by atoms with Gasteiger partial charge in [0.05, 0.1) is 6.04 Å². The smallest absolute Gasteiger partial charge is 0.237 e. The molecule has 1 atom stereocenters. The molecule has 1 fully saturated rings. The van der Waals surface area contributed by atoms with Crippen molar-refractivity contribution >= 4 is 5.91 Å². The zero-order chi connectivity index (χ0) is 12.3. The number of carbonyl (C=O) groups excluding carboxylic acids is 1. The summed E-state index contributed by atoms with van der Waals surface area (Å²) < 4.78 is 0. The predicted octanol–water partition coefficient (Wildman–Crippen LogP) is 1.07. The first-order valence-corrected chi connectivity index (χ1v) is 5.96. The fourth-order valence-electron chi connectivity index (χ4n) is 2.06. The van der Waals surface area contributed by atoms with Gasteiger partial charge in [-0.15, -0.1) is 0 Å². The second kappa shape index (κ2) is 5.19. The van der Waals surface area contributed by atoms with Gasteiger partial charge in [-0.2, -0.15) is 0 Å². The van der Waals surface area contributed by atoms with E-state index in [0.29, 0.717) is 6.54 Å². The Bertz CT molecular complexity index is 418. The number of aryl methyl sites for hydroxylation is 1. The van der Waals surface area contributed by atoms with Gasteiger partial charge in [0.15, 0.2) is 0 Å². The van der Waals surface area contributed by atoms with Crippen LogP contribution in [0.4, 0.5) is 0 Å². The van der Waals surface area contributed by atoms with Crippen molar-refractivity contribution in [2.75, 3.05) is 6.54 Å². The molecule has 4 heteroatoms. The zero-order valence-corrected chi connectivity index (χ0v) is 9.99. The second-order valence-corrected chi connectivity index (χ2v) is 4.50. The molecule has 1 aromatic carbocycles. The minimum Gasteiger partial charge on any atom is -0.508 e. The maximum absolute atomic E-state index is 11.5. The molecule has 92 valence electrons. The van der Waals surface area contributed by atoms with Crippen LogP contribution >= 0.6 is 0 Å². The molecular weight excluding hydrogens is 216 g/mol. The maximum Gasteiger partial charge on any atom is 0.237 e. The molecule has 1 unspecified atom stereocenters. The summed E-state index contributed by atoms with van der Waals surface area (Å²) >= 11 is 0. The van der Waals surface area contributed by atoms with E-state index in [4.69, 9.17) is 0 Å². The molecule has 1 aliphatic heterocycles. The number of hydrogen-bond acceptors (Lipinski definition) is 3. The minimum atomic E-state index is -0.135. The third-order valence-electron chi connectivity index (χ3n) is 3.06. The second-order valence-electron chi connectivity index (χ2n) is 4.50. The molecule has 1 amide bonds. The van der Waals surface area contributed by atoms with Crippen molar-refractivity contribution in [3.05, 3.63) is 29.3 Å². The Morgan fingerprint density at radius 1 is 1.53 bits per heavy atom. The molecule has 3 N–H and O–H groups in total. The molecule has 4 nitrogen and oxygen atoms in total. The molecule has 0 aromatic heterocycles. The lowest BCUT2D eigenvalue weighted by atomic mass is 10.1. The van der Waals surface area contributed by atoms with E-state index in [1.807, 2.05) is 19.1 Å². The van der Waals surface area contributed by atoms with Crippen LogP contribution in [0.15, 0.2) is 18.2 Å². The Morgan fingerprint density at radius 3 is 3.12 bits per heavy atom. The number of nitrogens with one attached hydrogen (secondary N) is 2. The Morgan fingerprint density at radius 2 is 2.35 bits per heavy atom. The molecular formula is C13H18N2O2. The van der Waals surface area contributed by atoms with Crippen LogP contribution < -0.4 is 10.6 Å². The summed E-state index contributed by atoms with van der Waals surface area (Å²) in [5.74, 6) is 0.336. The fraction of sp³-hybridized carbons (Fsp3) is 0.462. The van der Waals surface area contributed by atoms with Gasteiger partial charge in [-0.25, -0.2) is 0 Å². The van der Waals surface area contributed by atoms with Crippen molar-refractivity contribution in [1.29, 1.82) is 0 Å². The van der Waals surface area contributed by atoms with E-state index < -0.39 is 0 Å². The third kappa shape index (κ3) is 2.97. The van der Waals surface area contributed by atoms with Crippen LogP contribution in [0.5, 0.6) is 5.75 Å². The van der Waals surface area contributed by atoms with Gasteiger partial charge >= 0.3 is 0 Å². The highest BCUT2D eigenvalue weighted by molar-refractivity contribution is 5.82. The molecule has 2 rings (SSSR count). The SMILES string of the molecule is Cc1ccc(O)c(CNC2CCCNC2=O)c1. The van der Waals surface area contributed by atoms with E-state index in [-0.39, 0.29) is 17.7 Å². The van der Waals surface area contributed by atoms with E-state index in [2.05, 4.69) is 10.6 Å². The summed E-state index contributed by atoms with van der Waals surface area (Å²) in [4.78, 5) is 11.5. The van der Waals surface area contributed by atoms with Crippen LogP contribution in [0.3, 0.4) is 0 Å². The summed E-state index contributed by atoms with van der Waals surface area (Å²) in [5, 5.41) is 15.7. The lowest BCUT2D eigenvalue weighted by Gasteiger charge is -2.23. The van der Waals surface area contributed by atoms with E-state index in [1.165, 1.54) is 0 Å². The van der Waals surface area contributed by atoms with Crippen LogP contribution in [-0.2, 0) is 11.3 Å². The van der Waals surface area contributed by atoms with Gasteiger partial charge in [-0.1, -0.05) is 17.7 Å². The van der Waals surface area contributed by atoms with Crippen LogP contribution in [0.25, 0.3) is 0 Å². The fourth-order valence-corrected chi connectivity index (χ4v) is 2.06. The van der Waals surface area contributed by atoms with E-state index >= 15 is 0 Å². The molecule has 1 aliphatic rings. The molecule has 0 saturated carbocycles. The number of hydrogen-bond donors (Lipinski definition) is 3. The monoisotopic (exact) mass is 234 g/mol. The number of phenols is 1. The van der Waals surface area contributed by atoms with E-state index in [0.717, 1.165) is 30.5 Å². The van der Waals surface area contributed by atoms with Gasteiger partial charge in [-0.05, 0) is 25.8 Å². The van der Waals surface area contributed by atoms with Crippen molar-refractivity contribution in [1.82, 2.24) is 10.6 Å². The average molecular weight is 234 g/mol. The van der Waals surface area contributed by atoms with Crippen LogP contribution in [0.1, 0.15) is 24.0 Å². The molecule has 1 aromatic rings. The van der Waals surface area contributed by atoms with Gasteiger partial charge < -0.3 is 15.7 Å². The molecule has 1 heterocycles. The Kier molecular flexibility index (Phi) is 3.64. The molecule has 0 spiro atoms. The van der Waals surface area contributed by atoms with Gasteiger partial charge in [0.25, 0.3) is 0 Å². The van der Waals surface area contributed by atoms with Crippen LogP contribution in [-0.4, -0.2) is 23.6 Å². The maximum atomic E-state index is 11.5. The van der Waals surface area contributed by atoms with Gasteiger partial charge in [0, 0.05) is 18.7 Å². The van der Waals surface area contributed by atoms with Crippen molar-refractivity contribution < 1.29 is 9.90 Å². The lowest BCUT2D eigenvalue weighted by Crippen LogP contribution is -2.47. The summed E-state index contributed by atoms with van der Waals surface area (Å²) in [7, 11) is 0. The molecule has 0 radical (unpaired) electrons. The number of phenolic OH excluding ortho intramolecular Hbond substituents is 1. The van der Waals surface area contributed by atoms with Crippen molar-refractivity contribution in [3.63, 3.8) is 0 Å². The Labute approximate surface area is 101 Å². The number of rotatable bonds is 3. The number of carbonyl (C=O) groups is 1. The standard InChI is InChI=1S/C13H18N2O2/c1-9-4-5-12(16)10(7-9)8-15-11-3-2-6-14-13(11)17/h4-5,7,11,15-16H,2-3,6,8H2,1H3,(H,14,17). The lowest BCUT2D eigenvalue weighted by molar-refractivity contribution is -0.124.